The second-order valence-electron chi connectivity index (χ2n) is 5.59. The lowest BCUT2D eigenvalue weighted by Gasteiger charge is -2.23. The van der Waals surface area contributed by atoms with E-state index in [1.54, 1.807) is 36.4 Å². The highest BCUT2D eigenvalue weighted by atomic mass is 35.5. The normalized spacial score (nSPS) is 13.9. The standard InChI is InChI=1S/C18H19ClN2O4/c1-2-15(22)13-9-16-17(25-8-7-24-16)10-14(13)21-18(23)20-12-5-3-11(19)4-6-12/h3-6,9-10,15,22H,2,7-8H2,1H3,(H2,20,21,23)/t15-/m0/s1. The van der Waals surface area contributed by atoms with Crippen molar-refractivity contribution in [2.24, 2.45) is 0 Å². The van der Waals surface area contributed by atoms with Gasteiger partial charge in [-0.25, -0.2) is 4.79 Å². The number of hydrogen-bond acceptors (Lipinski definition) is 4. The summed E-state index contributed by atoms with van der Waals surface area (Å²) in [4.78, 5) is 12.3. The number of carbonyl (C=O) groups is 1. The Morgan fingerprint density at radius 1 is 1.16 bits per heavy atom. The highest BCUT2D eigenvalue weighted by Gasteiger charge is 2.20. The van der Waals surface area contributed by atoms with Crippen molar-refractivity contribution in [1.29, 1.82) is 0 Å². The molecule has 7 heteroatoms. The maximum Gasteiger partial charge on any atom is 0.323 e. The van der Waals surface area contributed by atoms with Gasteiger partial charge in [-0.1, -0.05) is 18.5 Å². The second kappa shape index (κ2) is 7.63. The van der Waals surface area contributed by atoms with Crippen LogP contribution >= 0.6 is 11.6 Å². The summed E-state index contributed by atoms with van der Waals surface area (Å²) in [5.74, 6) is 1.11. The quantitative estimate of drug-likeness (QED) is 0.761. The van der Waals surface area contributed by atoms with Crippen molar-refractivity contribution in [2.45, 2.75) is 19.4 Å². The number of ether oxygens (including phenoxy) is 2. The number of aliphatic hydroxyl groups excluding tert-OH is 1. The molecule has 0 aromatic heterocycles. The predicted molar refractivity (Wildman–Crippen MR) is 96.8 cm³/mol. The Morgan fingerprint density at radius 2 is 1.80 bits per heavy atom. The second-order valence-corrected chi connectivity index (χ2v) is 6.03. The van der Waals surface area contributed by atoms with Gasteiger partial charge in [-0.2, -0.15) is 0 Å². The first kappa shape index (κ1) is 17.4. The van der Waals surface area contributed by atoms with E-state index in [0.29, 0.717) is 53.1 Å². The van der Waals surface area contributed by atoms with Gasteiger partial charge in [0.15, 0.2) is 11.5 Å². The van der Waals surface area contributed by atoms with Gasteiger partial charge in [-0.15, -0.1) is 0 Å². The Labute approximate surface area is 150 Å². The number of halogens is 1. The molecule has 2 aromatic rings. The highest BCUT2D eigenvalue weighted by Crippen LogP contribution is 2.38. The van der Waals surface area contributed by atoms with Crippen molar-refractivity contribution in [3.63, 3.8) is 0 Å². The maximum absolute atomic E-state index is 12.3. The Balaban J connectivity index is 1.82. The molecule has 3 rings (SSSR count). The zero-order valence-electron chi connectivity index (χ0n) is 13.7. The van der Waals surface area contributed by atoms with Crippen LogP contribution in [0.5, 0.6) is 11.5 Å². The number of rotatable bonds is 4. The van der Waals surface area contributed by atoms with E-state index in [1.807, 2.05) is 6.92 Å². The minimum atomic E-state index is -0.721. The Bertz CT molecular complexity index is 764. The van der Waals surface area contributed by atoms with Crippen LogP contribution in [0.25, 0.3) is 0 Å². The van der Waals surface area contributed by atoms with Crippen LogP contribution in [0, 0.1) is 0 Å². The number of benzene rings is 2. The lowest BCUT2D eigenvalue weighted by molar-refractivity contribution is 0.163. The lowest BCUT2D eigenvalue weighted by Crippen LogP contribution is -2.22. The average Bonchev–Trinajstić information content (AvgIpc) is 2.62. The molecule has 0 fully saturated rings. The van der Waals surface area contributed by atoms with Crippen LogP contribution in [-0.2, 0) is 0 Å². The molecule has 2 aromatic carbocycles. The fourth-order valence-corrected chi connectivity index (χ4v) is 2.65. The third-order valence-corrected chi connectivity index (χ3v) is 4.06. The summed E-state index contributed by atoms with van der Waals surface area (Å²) in [6.07, 6.45) is -0.214. The first-order chi connectivity index (χ1) is 12.1. The van der Waals surface area contributed by atoms with Crippen molar-refractivity contribution in [2.75, 3.05) is 23.8 Å². The molecule has 0 saturated heterocycles. The van der Waals surface area contributed by atoms with E-state index in [1.165, 1.54) is 0 Å². The van der Waals surface area contributed by atoms with Crippen molar-refractivity contribution < 1.29 is 19.4 Å². The van der Waals surface area contributed by atoms with Gasteiger partial charge in [0.2, 0.25) is 0 Å². The van der Waals surface area contributed by atoms with Crippen LogP contribution in [0.4, 0.5) is 16.2 Å². The van der Waals surface area contributed by atoms with Gasteiger partial charge in [0, 0.05) is 22.3 Å². The Morgan fingerprint density at radius 3 is 2.44 bits per heavy atom. The minimum absolute atomic E-state index is 0.427. The number of carbonyl (C=O) groups excluding carboxylic acids is 1. The summed E-state index contributed by atoms with van der Waals surface area (Å²) in [7, 11) is 0. The van der Waals surface area contributed by atoms with Crippen molar-refractivity contribution >= 4 is 29.0 Å². The highest BCUT2D eigenvalue weighted by molar-refractivity contribution is 6.30. The predicted octanol–water partition coefficient (Wildman–Crippen LogP) is 4.20. The van der Waals surface area contributed by atoms with Crippen LogP contribution in [0.15, 0.2) is 36.4 Å². The molecule has 1 aliphatic rings. The summed E-state index contributed by atoms with van der Waals surface area (Å²) in [6, 6.07) is 9.73. The topological polar surface area (TPSA) is 79.8 Å². The zero-order valence-corrected chi connectivity index (χ0v) is 14.5. The SMILES string of the molecule is CC[C@H](O)c1cc2c(cc1NC(=O)Nc1ccc(Cl)cc1)OCCO2. The molecule has 0 aliphatic carbocycles. The lowest BCUT2D eigenvalue weighted by atomic mass is 10.0. The molecule has 0 radical (unpaired) electrons. The average molecular weight is 363 g/mol. The van der Waals surface area contributed by atoms with E-state index in [0.717, 1.165) is 0 Å². The molecular formula is C18H19ClN2O4. The summed E-state index contributed by atoms with van der Waals surface area (Å²) in [6.45, 7) is 2.76. The van der Waals surface area contributed by atoms with Gasteiger partial charge in [0.25, 0.3) is 0 Å². The van der Waals surface area contributed by atoms with Crippen LogP contribution in [0.1, 0.15) is 25.0 Å². The summed E-state index contributed by atoms with van der Waals surface area (Å²) in [5, 5.41) is 16.3. The molecule has 2 amide bonds. The summed E-state index contributed by atoms with van der Waals surface area (Å²) < 4.78 is 11.1. The first-order valence-corrected chi connectivity index (χ1v) is 8.39. The van der Waals surface area contributed by atoms with Crippen molar-refractivity contribution in [1.82, 2.24) is 0 Å². The maximum atomic E-state index is 12.3. The molecule has 6 nitrogen and oxygen atoms in total. The molecule has 0 unspecified atom stereocenters. The van der Waals surface area contributed by atoms with E-state index in [2.05, 4.69) is 10.6 Å². The largest absolute Gasteiger partial charge is 0.486 e. The number of nitrogens with one attached hydrogen (secondary N) is 2. The van der Waals surface area contributed by atoms with E-state index in [-0.39, 0.29) is 0 Å². The van der Waals surface area contributed by atoms with Gasteiger partial charge >= 0.3 is 6.03 Å². The van der Waals surface area contributed by atoms with Crippen LogP contribution < -0.4 is 20.1 Å². The van der Waals surface area contributed by atoms with Crippen molar-refractivity contribution in [3.8, 4) is 11.5 Å². The smallest absolute Gasteiger partial charge is 0.323 e. The number of amides is 2. The molecule has 0 saturated carbocycles. The molecule has 132 valence electrons. The monoisotopic (exact) mass is 362 g/mol. The minimum Gasteiger partial charge on any atom is -0.486 e. The van der Waals surface area contributed by atoms with Crippen molar-refractivity contribution in [3.05, 3.63) is 47.0 Å². The summed E-state index contributed by atoms with van der Waals surface area (Å²) in [5.41, 5.74) is 1.67. The van der Waals surface area contributed by atoms with Gasteiger partial charge in [-0.3, -0.25) is 0 Å². The van der Waals surface area contributed by atoms with Gasteiger partial charge < -0.3 is 25.2 Å². The van der Waals surface area contributed by atoms with E-state index in [9.17, 15) is 9.90 Å². The van der Waals surface area contributed by atoms with Gasteiger partial charge in [-0.05, 0) is 36.8 Å². The van der Waals surface area contributed by atoms with E-state index < -0.39 is 12.1 Å². The van der Waals surface area contributed by atoms with Gasteiger partial charge in [0.1, 0.15) is 13.2 Å². The molecular weight excluding hydrogens is 344 g/mol. The zero-order chi connectivity index (χ0) is 17.8. The van der Waals surface area contributed by atoms with Crippen LogP contribution in [0.3, 0.4) is 0 Å². The van der Waals surface area contributed by atoms with Gasteiger partial charge in [0.05, 0.1) is 11.8 Å². The molecule has 1 atom stereocenters. The number of hydrogen-bond donors (Lipinski definition) is 3. The molecule has 0 bridgehead atoms. The first-order valence-electron chi connectivity index (χ1n) is 8.02. The fraction of sp³-hybridized carbons (Fsp3) is 0.278. The third-order valence-electron chi connectivity index (χ3n) is 3.81. The Kier molecular flexibility index (Phi) is 5.31. The number of fused-ring (bicyclic) bond motifs is 1. The van der Waals surface area contributed by atoms with E-state index in [4.69, 9.17) is 21.1 Å². The number of anilines is 2. The summed E-state index contributed by atoms with van der Waals surface area (Å²) >= 11 is 5.84. The molecule has 0 spiro atoms. The van der Waals surface area contributed by atoms with Crippen LogP contribution in [-0.4, -0.2) is 24.4 Å². The third kappa shape index (κ3) is 4.15. The number of urea groups is 1. The Hall–Kier alpha value is -2.44. The number of aliphatic hydroxyl groups is 1. The molecule has 3 N–H and O–H groups in total. The molecule has 25 heavy (non-hydrogen) atoms. The molecule has 1 aliphatic heterocycles. The molecule has 1 heterocycles. The fourth-order valence-electron chi connectivity index (χ4n) is 2.53. The van der Waals surface area contributed by atoms with Crippen LogP contribution in [0.2, 0.25) is 5.02 Å². The van der Waals surface area contributed by atoms with E-state index >= 15 is 0 Å².